The largest absolute Gasteiger partial charge is 0.347 e. The Morgan fingerprint density at radius 1 is 0.804 bits per heavy atom. The zero-order valence-corrected chi connectivity index (χ0v) is 32.2. The summed E-state index contributed by atoms with van der Waals surface area (Å²) in [6.45, 7) is 15.2. The lowest BCUT2D eigenvalue weighted by Crippen LogP contribution is -2.50. The van der Waals surface area contributed by atoms with Crippen molar-refractivity contribution in [2.75, 3.05) is 0 Å². The number of aromatic amines is 1. The second-order valence-corrected chi connectivity index (χ2v) is 17.2. The van der Waals surface area contributed by atoms with E-state index in [1.165, 1.54) is 35.1 Å². The maximum absolute atomic E-state index is 13.5. The molecule has 3 aliphatic rings. The quantitative estimate of drug-likeness (QED) is 0.198. The van der Waals surface area contributed by atoms with Crippen molar-refractivity contribution >= 4 is 23.0 Å². The molecule has 2 atom stereocenters. The number of nitrogens with zero attached hydrogens (tertiary/aromatic N) is 2. The van der Waals surface area contributed by atoms with E-state index in [4.69, 9.17) is 9.98 Å². The van der Waals surface area contributed by atoms with Crippen molar-refractivity contribution in [2.24, 2.45) is 27.7 Å². The number of amides is 1. The van der Waals surface area contributed by atoms with E-state index in [1.807, 2.05) is 12.4 Å². The molecule has 0 spiro atoms. The van der Waals surface area contributed by atoms with Crippen molar-refractivity contribution < 1.29 is 9.59 Å². The summed E-state index contributed by atoms with van der Waals surface area (Å²) >= 11 is 0. The van der Waals surface area contributed by atoms with Crippen LogP contribution in [-0.2, 0) is 9.59 Å². The molecule has 6 nitrogen and oxygen atoms in total. The molecule has 0 radical (unpaired) electrons. The summed E-state index contributed by atoms with van der Waals surface area (Å²) in [6, 6.07) is 15.3. The number of aromatic nitrogens is 2. The number of aliphatic imine (C=N–C) groups is 1. The van der Waals surface area contributed by atoms with Gasteiger partial charge in [-0.1, -0.05) is 123 Å². The number of rotatable bonds is 12. The van der Waals surface area contributed by atoms with E-state index in [1.54, 1.807) is 0 Å². The minimum absolute atomic E-state index is 0.0576. The normalized spacial score (nSPS) is 19.8. The van der Waals surface area contributed by atoms with Crippen LogP contribution in [0.3, 0.4) is 0 Å². The summed E-state index contributed by atoms with van der Waals surface area (Å²) in [4.78, 5) is 40.1. The summed E-state index contributed by atoms with van der Waals surface area (Å²) in [6.07, 6.45) is 16.3. The number of ketones is 1. The number of hydrogen-bond donors (Lipinski definition) is 2. The van der Waals surface area contributed by atoms with Gasteiger partial charge in [-0.3, -0.25) is 14.6 Å². The Morgan fingerprint density at radius 2 is 1.41 bits per heavy atom. The van der Waals surface area contributed by atoms with E-state index >= 15 is 0 Å². The SMILES string of the molecule is Cc1cc(-c2ccc(-c3cnc([C@@H](CC(=O)C4(C)CCCCC4)C(C)C)[nH]3)cc2)ccc1C1=CN=C([C@@H](NC(=O)C2(C)CCCCC2)C(C)C)C1. The van der Waals surface area contributed by atoms with Crippen LogP contribution in [0.25, 0.3) is 28.0 Å². The van der Waals surface area contributed by atoms with Crippen LogP contribution in [0.5, 0.6) is 0 Å². The van der Waals surface area contributed by atoms with Gasteiger partial charge in [-0.2, -0.15) is 0 Å². The molecule has 0 bridgehead atoms. The molecule has 3 aromatic rings. The van der Waals surface area contributed by atoms with E-state index < -0.39 is 0 Å². The molecule has 0 unspecified atom stereocenters. The lowest BCUT2D eigenvalue weighted by molar-refractivity contribution is -0.132. The van der Waals surface area contributed by atoms with Crippen LogP contribution in [0, 0.1) is 29.6 Å². The molecule has 2 N–H and O–H groups in total. The van der Waals surface area contributed by atoms with Crippen LogP contribution in [0.4, 0.5) is 0 Å². The number of imidazole rings is 1. The molecule has 2 saturated carbocycles. The number of aryl methyl sites for hydroxylation is 1. The van der Waals surface area contributed by atoms with Gasteiger partial charge in [0.15, 0.2) is 0 Å². The van der Waals surface area contributed by atoms with Crippen molar-refractivity contribution in [3.05, 3.63) is 71.8 Å². The van der Waals surface area contributed by atoms with Gasteiger partial charge in [-0.05, 0) is 77.8 Å². The molecule has 2 fully saturated rings. The Kier molecular flexibility index (Phi) is 11.2. The van der Waals surface area contributed by atoms with Gasteiger partial charge in [0.25, 0.3) is 0 Å². The second kappa shape index (κ2) is 15.4. The van der Waals surface area contributed by atoms with Gasteiger partial charge < -0.3 is 10.3 Å². The first-order valence-corrected chi connectivity index (χ1v) is 19.7. The van der Waals surface area contributed by atoms with Gasteiger partial charge in [0.2, 0.25) is 5.91 Å². The van der Waals surface area contributed by atoms with Crippen molar-refractivity contribution in [1.82, 2.24) is 15.3 Å². The predicted molar refractivity (Wildman–Crippen MR) is 211 cm³/mol. The third-order valence-corrected chi connectivity index (χ3v) is 12.5. The molecule has 2 aliphatic carbocycles. The highest BCUT2D eigenvalue weighted by molar-refractivity contribution is 6.03. The smallest absolute Gasteiger partial charge is 0.226 e. The number of carbonyl (C=O) groups excluding carboxylic acids is 2. The second-order valence-electron chi connectivity index (χ2n) is 17.2. The standard InChI is InChI=1S/C45H60N4O2/c1-29(2)37(26-40(50)44(6)20-10-8-11-21-44)42-47-28-39(48-42)33-16-14-32(15-17-33)34-18-19-36(31(5)24-34)35-25-38(46-27-35)41(30(3)4)49-43(51)45(7)22-12-9-13-23-45/h14-19,24,27-30,37,41H,8-13,20-23,25-26H2,1-7H3,(H,47,48)(H,49,51)/t37-,41-/m0/s1. The van der Waals surface area contributed by atoms with Gasteiger partial charge >= 0.3 is 0 Å². The number of allylic oxidation sites excluding steroid dienone is 1. The topological polar surface area (TPSA) is 87.2 Å². The average molecular weight is 689 g/mol. The Bertz CT molecular complexity index is 1760. The van der Waals surface area contributed by atoms with Crippen molar-refractivity contribution in [3.63, 3.8) is 0 Å². The van der Waals surface area contributed by atoms with Crippen LogP contribution in [0.1, 0.15) is 141 Å². The zero-order chi connectivity index (χ0) is 36.3. The van der Waals surface area contributed by atoms with Gasteiger partial charge in [-0.15, -0.1) is 0 Å². The van der Waals surface area contributed by atoms with Crippen molar-refractivity contribution in [1.29, 1.82) is 0 Å². The van der Waals surface area contributed by atoms with Gasteiger partial charge in [0.1, 0.15) is 11.6 Å². The number of carbonyl (C=O) groups is 2. The van der Waals surface area contributed by atoms with Crippen LogP contribution in [0.2, 0.25) is 0 Å². The maximum atomic E-state index is 13.5. The van der Waals surface area contributed by atoms with E-state index in [0.29, 0.717) is 18.1 Å². The minimum atomic E-state index is -0.266. The van der Waals surface area contributed by atoms with E-state index in [9.17, 15) is 9.59 Å². The molecule has 1 aromatic heterocycles. The fourth-order valence-corrected chi connectivity index (χ4v) is 8.73. The molecule has 1 amide bonds. The lowest BCUT2D eigenvalue weighted by Gasteiger charge is -2.34. The van der Waals surface area contributed by atoms with Gasteiger partial charge in [0.05, 0.1) is 17.9 Å². The average Bonchev–Trinajstić information content (AvgIpc) is 3.81. The monoisotopic (exact) mass is 688 g/mol. The summed E-state index contributed by atoms with van der Waals surface area (Å²) in [5, 5.41) is 3.41. The third kappa shape index (κ3) is 8.16. The predicted octanol–water partition coefficient (Wildman–Crippen LogP) is 11.0. The molecular weight excluding hydrogens is 629 g/mol. The van der Waals surface area contributed by atoms with Crippen LogP contribution >= 0.6 is 0 Å². The Balaban J connectivity index is 1.10. The molecule has 51 heavy (non-hydrogen) atoms. The zero-order valence-electron chi connectivity index (χ0n) is 32.2. The third-order valence-electron chi connectivity index (χ3n) is 12.5. The molecule has 272 valence electrons. The summed E-state index contributed by atoms with van der Waals surface area (Å²) < 4.78 is 0. The highest BCUT2D eigenvalue weighted by Gasteiger charge is 2.38. The highest BCUT2D eigenvalue weighted by Crippen LogP contribution is 2.41. The Labute approximate surface area is 306 Å². The molecule has 2 aromatic carbocycles. The molecule has 1 aliphatic heterocycles. The van der Waals surface area contributed by atoms with Gasteiger partial charge in [0, 0.05) is 41.5 Å². The first-order valence-electron chi connectivity index (χ1n) is 19.7. The van der Waals surface area contributed by atoms with E-state index in [0.717, 1.165) is 86.1 Å². The molecule has 6 heteroatoms. The number of H-pyrrole nitrogens is 1. The molecule has 0 saturated heterocycles. The van der Waals surface area contributed by atoms with Crippen LogP contribution in [-0.4, -0.2) is 33.4 Å². The minimum Gasteiger partial charge on any atom is -0.347 e. The first kappa shape index (κ1) is 37.0. The number of nitrogens with one attached hydrogen (secondary N) is 2. The lowest BCUT2D eigenvalue weighted by atomic mass is 9.70. The van der Waals surface area contributed by atoms with E-state index in [2.05, 4.69) is 101 Å². The fourth-order valence-electron chi connectivity index (χ4n) is 8.73. The summed E-state index contributed by atoms with van der Waals surface area (Å²) in [5.41, 5.74) is 8.65. The van der Waals surface area contributed by atoms with E-state index in [-0.39, 0.29) is 34.6 Å². The summed E-state index contributed by atoms with van der Waals surface area (Å²) in [7, 11) is 0. The maximum Gasteiger partial charge on any atom is 0.226 e. The Morgan fingerprint density at radius 3 is 2.02 bits per heavy atom. The van der Waals surface area contributed by atoms with Crippen LogP contribution < -0.4 is 5.32 Å². The first-order chi connectivity index (χ1) is 24.4. The Hall–Kier alpha value is -3.80. The number of benzene rings is 2. The molecule has 6 rings (SSSR count). The van der Waals surface area contributed by atoms with Crippen molar-refractivity contribution in [2.45, 2.75) is 137 Å². The summed E-state index contributed by atoms with van der Waals surface area (Å²) in [5.74, 6) is 2.17. The fraction of sp³-hybridized carbons (Fsp3) is 0.556. The van der Waals surface area contributed by atoms with Gasteiger partial charge in [-0.25, -0.2) is 4.98 Å². The van der Waals surface area contributed by atoms with Crippen molar-refractivity contribution in [3.8, 4) is 22.4 Å². The number of Topliss-reactive ketones (excluding diaryl/α,β-unsaturated/α-hetero) is 1. The van der Waals surface area contributed by atoms with Crippen LogP contribution in [0.15, 0.2) is 59.9 Å². The number of hydrogen-bond acceptors (Lipinski definition) is 4. The highest BCUT2D eigenvalue weighted by atomic mass is 16.2. The molecule has 2 heterocycles. The molecular formula is C45H60N4O2.